The van der Waals surface area contributed by atoms with Crippen molar-refractivity contribution in [3.8, 4) is 0 Å². The molecule has 0 bridgehead atoms. The van der Waals surface area contributed by atoms with Crippen molar-refractivity contribution in [2.75, 3.05) is 39.9 Å². The van der Waals surface area contributed by atoms with Gasteiger partial charge in [0, 0.05) is 32.3 Å². The Hall–Kier alpha value is -2.60. The lowest BCUT2D eigenvalue weighted by atomic mass is 9.84. The molecule has 0 saturated carbocycles. The molecule has 31 heavy (non-hydrogen) atoms. The highest BCUT2D eigenvalue weighted by Gasteiger charge is 2.28. The fourth-order valence-electron chi connectivity index (χ4n) is 3.93. The molecule has 0 radical (unpaired) electrons. The number of halogens is 1. The summed E-state index contributed by atoms with van der Waals surface area (Å²) >= 11 is 0. The number of morpholine rings is 1. The van der Waals surface area contributed by atoms with Crippen molar-refractivity contribution in [3.63, 3.8) is 0 Å². The summed E-state index contributed by atoms with van der Waals surface area (Å²) in [7, 11) is 1.64. The molecular formula is C25H34FN3O2. The minimum Gasteiger partial charge on any atom is -0.378 e. The summed E-state index contributed by atoms with van der Waals surface area (Å²) in [5, 5.41) is 2.69. The second-order valence-corrected chi connectivity index (χ2v) is 8.85. The van der Waals surface area contributed by atoms with Crippen molar-refractivity contribution in [2.45, 2.75) is 33.1 Å². The monoisotopic (exact) mass is 427 g/mol. The molecule has 1 saturated heterocycles. The van der Waals surface area contributed by atoms with Crippen LogP contribution < -0.4 is 5.32 Å². The van der Waals surface area contributed by atoms with Crippen molar-refractivity contribution in [2.24, 2.45) is 5.41 Å². The van der Waals surface area contributed by atoms with Crippen LogP contribution in [-0.2, 0) is 9.53 Å². The topological polar surface area (TPSA) is 44.8 Å². The van der Waals surface area contributed by atoms with E-state index >= 15 is 4.39 Å². The number of hydrogen-bond donors (Lipinski definition) is 1. The smallest absolute Gasteiger partial charge is 0.247 e. The van der Waals surface area contributed by atoms with Crippen LogP contribution in [0.4, 0.5) is 4.39 Å². The maximum atomic E-state index is 15.2. The van der Waals surface area contributed by atoms with E-state index in [1.165, 1.54) is 0 Å². The maximum Gasteiger partial charge on any atom is 0.247 e. The highest BCUT2D eigenvalue weighted by atomic mass is 19.1. The first kappa shape index (κ1) is 23.1. The summed E-state index contributed by atoms with van der Waals surface area (Å²) in [6.45, 7) is 11.7. The number of carbonyl (C=O) groups is 1. The van der Waals surface area contributed by atoms with Crippen molar-refractivity contribution in [3.05, 3.63) is 71.5 Å². The lowest BCUT2D eigenvalue weighted by Gasteiger charge is -2.40. The third-order valence-corrected chi connectivity index (χ3v) is 5.85. The number of amides is 1. The second-order valence-electron chi connectivity index (χ2n) is 8.85. The normalized spacial score (nSPS) is 24.5. The summed E-state index contributed by atoms with van der Waals surface area (Å²) in [6.07, 6.45) is 13.7. The average Bonchev–Trinajstić information content (AvgIpc) is 2.73. The van der Waals surface area contributed by atoms with Gasteiger partial charge in [-0.3, -0.25) is 4.79 Å². The Morgan fingerprint density at radius 2 is 1.97 bits per heavy atom. The van der Waals surface area contributed by atoms with Gasteiger partial charge in [-0.15, -0.1) is 0 Å². The fraction of sp³-hybridized carbons (Fsp3) is 0.480. The van der Waals surface area contributed by atoms with E-state index in [4.69, 9.17) is 4.74 Å². The van der Waals surface area contributed by atoms with E-state index in [2.05, 4.69) is 22.9 Å². The zero-order valence-electron chi connectivity index (χ0n) is 18.9. The number of nitrogens with zero attached hydrogens (tertiary/aromatic N) is 2. The van der Waals surface area contributed by atoms with Gasteiger partial charge >= 0.3 is 0 Å². The number of rotatable bonds is 6. The molecule has 0 spiro atoms. The van der Waals surface area contributed by atoms with Gasteiger partial charge in [0.1, 0.15) is 11.6 Å². The van der Waals surface area contributed by atoms with Crippen LogP contribution in [0.15, 0.2) is 71.5 Å². The zero-order valence-corrected chi connectivity index (χ0v) is 18.9. The minimum absolute atomic E-state index is 0.0806. The van der Waals surface area contributed by atoms with Gasteiger partial charge in [-0.1, -0.05) is 50.8 Å². The van der Waals surface area contributed by atoms with E-state index in [0.717, 1.165) is 37.3 Å². The minimum atomic E-state index is -0.214. The van der Waals surface area contributed by atoms with Gasteiger partial charge < -0.3 is 19.9 Å². The Morgan fingerprint density at radius 1 is 1.26 bits per heavy atom. The molecule has 1 fully saturated rings. The molecule has 5 nitrogen and oxygen atoms in total. The summed E-state index contributed by atoms with van der Waals surface area (Å²) in [6, 6.07) is 0. The predicted octanol–water partition coefficient (Wildman–Crippen LogP) is 4.21. The van der Waals surface area contributed by atoms with Crippen molar-refractivity contribution >= 4 is 5.91 Å². The van der Waals surface area contributed by atoms with Gasteiger partial charge in [0.2, 0.25) is 5.91 Å². The molecule has 168 valence electrons. The first-order chi connectivity index (χ1) is 14.8. The van der Waals surface area contributed by atoms with Crippen LogP contribution in [0.5, 0.6) is 0 Å². The zero-order chi connectivity index (χ0) is 22.4. The molecule has 1 heterocycles. The number of ether oxygens (including phenoxy) is 1. The van der Waals surface area contributed by atoms with Crippen LogP contribution in [0.25, 0.3) is 0 Å². The molecular weight excluding hydrogens is 393 g/mol. The lowest BCUT2D eigenvalue weighted by Crippen LogP contribution is -2.42. The second kappa shape index (κ2) is 10.1. The number of hydrogen-bond acceptors (Lipinski definition) is 4. The Balaban J connectivity index is 1.90. The van der Waals surface area contributed by atoms with Gasteiger partial charge in [-0.2, -0.15) is 0 Å². The molecule has 2 aliphatic carbocycles. The highest BCUT2D eigenvalue weighted by Crippen LogP contribution is 2.36. The van der Waals surface area contributed by atoms with E-state index in [-0.39, 0.29) is 17.1 Å². The van der Waals surface area contributed by atoms with Gasteiger partial charge in [0.05, 0.1) is 18.9 Å². The molecule has 3 rings (SSSR count). The van der Waals surface area contributed by atoms with E-state index in [0.29, 0.717) is 37.4 Å². The molecule has 6 heteroatoms. The van der Waals surface area contributed by atoms with Crippen molar-refractivity contribution in [1.29, 1.82) is 0 Å². The third-order valence-electron chi connectivity index (χ3n) is 5.85. The standard InChI is InChI=1S/C25H34FN3O2/c1-19(28-13-15-31-16-14-28)29(23-11-12-25(2,3)17-22(23)26)18-20-7-5-6-8-21(10-9-20)24(30)27-4/h5-6,9-11,17H,1,7-8,12-16,18H2,2-4H3,(H,27,30)/b6-5?,20-9+,21-10+. The van der Waals surface area contributed by atoms with Crippen LogP contribution in [-0.4, -0.2) is 55.6 Å². The summed E-state index contributed by atoms with van der Waals surface area (Å²) in [4.78, 5) is 16.2. The summed E-state index contributed by atoms with van der Waals surface area (Å²) < 4.78 is 20.7. The molecule has 0 aromatic carbocycles. The van der Waals surface area contributed by atoms with E-state index < -0.39 is 0 Å². The maximum absolute atomic E-state index is 15.2. The Labute approximate surface area is 185 Å². The van der Waals surface area contributed by atoms with E-state index in [9.17, 15) is 4.79 Å². The van der Waals surface area contributed by atoms with Crippen molar-refractivity contribution < 1.29 is 13.9 Å². The molecule has 0 unspecified atom stereocenters. The van der Waals surface area contributed by atoms with Gasteiger partial charge in [0.15, 0.2) is 0 Å². The molecule has 1 amide bonds. The molecule has 0 atom stereocenters. The Bertz CT molecular complexity index is 858. The summed E-state index contributed by atoms with van der Waals surface area (Å²) in [5.41, 5.74) is 2.16. The Morgan fingerprint density at radius 3 is 2.65 bits per heavy atom. The van der Waals surface area contributed by atoms with E-state index in [1.54, 1.807) is 13.1 Å². The lowest BCUT2D eigenvalue weighted by molar-refractivity contribution is -0.117. The fourth-order valence-corrected chi connectivity index (χ4v) is 3.93. The molecule has 0 aromatic heterocycles. The van der Waals surface area contributed by atoms with Crippen LogP contribution in [0.2, 0.25) is 0 Å². The quantitative estimate of drug-likeness (QED) is 0.645. The van der Waals surface area contributed by atoms with Crippen molar-refractivity contribution in [1.82, 2.24) is 15.1 Å². The SMILES string of the molecule is C=C(N1CCOCC1)N(C/C1=C/C=C(/C(=O)NC)CC=CC1)C1=CCC(C)(C)C=C1F. The average molecular weight is 428 g/mol. The number of likely N-dealkylation sites (N-methyl/N-ethyl adjacent to an activating group) is 1. The Kier molecular flexibility index (Phi) is 7.55. The molecule has 3 aliphatic rings. The van der Waals surface area contributed by atoms with E-state index in [1.807, 2.05) is 43.1 Å². The predicted molar refractivity (Wildman–Crippen MR) is 123 cm³/mol. The first-order valence-electron chi connectivity index (χ1n) is 10.9. The van der Waals surface area contributed by atoms with Crippen LogP contribution in [0, 0.1) is 5.41 Å². The number of carbonyl (C=O) groups excluding carboxylic acids is 1. The van der Waals surface area contributed by atoms with Gasteiger partial charge in [-0.05, 0) is 36.3 Å². The van der Waals surface area contributed by atoms with Gasteiger partial charge in [0.25, 0.3) is 0 Å². The third kappa shape index (κ3) is 5.97. The van der Waals surface area contributed by atoms with Crippen LogP contribution in [0.1, 0.15) is 33.1 Å². The number of allylic oxidation sites excluding steroid dienone is 7. The molecule has 1 N–H and O–H groups in total. The van der Waals surface area contributed by atoms with Gasteiger partial charge in [-0.25, -0.2) is 4.39 Å². The summed E-state index contributed by atoms with van der Waals surface area (Å²) in [5.74, 6) is 0.484. The number of nitrogens with one attached hydrogen (secondary N) is 1. The largest absolute Gasteiger partial charge is 0.378 e. The van der Waals surface area contributed by atoms with Crippen LogP contribution >= 0.6 is 0 Å². The van der Waals surface area contributed by atoms with Crippen LogP contribution in [0.3, 0.4) is 0 Å². The highest BCUT2D eigenvalue weighted by molar-refractivity contribution is 5.93. The molecule has 0 aromatic rings. The first-order valence-corrected chi connectivity index (χ1v) is 10.9. The molecule has 1 aliphatic heterocycles.